The first kappa shape index (κ1) is 12.1. The summed E-state index contributed by atoms with van der Waals surface area (Å²) in [6.07, 6.45) is 3.74. The van der Waals surface area contributed by atoms with Gasteiger partial charge in [0.05, 0.1) is 6.17 Å². The van der Waals surface area contributed by atoms with Crippen molar-refractivity contribution in [2.24, 2.45) is 5.73 Å². The second-order valence-corrected chi connectivity index (χ2v) is 3.42. The van der Waals surface area contributed by atoms with Crippen molar-refractivity contribution in [3.63, 3.8) is 0 Å². The van der Waals surface area contributed by atoms with Crippen molar-refractivity contribution in [3.05, 3.63) is 30.6 Å². The predicted octanol–water partition coefficient (Wildman–Crippen LogP) is 0.278. The number of piperazine rings is 1. The third-order valence-electron chi connectivity index (χ3n) is 2.37. The van der Waals surface area contributed by atoms with Crippen LogP contribution in [0.2, 0.25) is 0 Å². The normalized spacial score (nSPS) is 21.6. The van der Waals surface area contributed by atoms with Gasteiger partial charge in [0.2, 0.25) is 0 Å². The third-order valence-corrected chi connectivity index (χ3v) is 2.37. The predicted molar refractivity (Wildman–Crippen MR) is 62.3 cm³/mol. The second-order valence-electron chi connectivity index (χ2n) is 3.42. The summed E-state index contributed by atoms with van der Waals surface area (Å²) in [6.45, 7) is 6.33. The van der Waals surface area contributed by atoms with Crippen molar-refractivity contribution in [2.75, 3.05) is 26.2 Å². The molecule has 0 saturated carbocycles. The second kappa shape index (κ2) is 7.34. The highest BCUT2D eigenvalue weighted by Gasteiger charge is 2.14. The van der Waals surface area contributed by atoms with Gasteiger partial charge in [0, 0.05) is 32.0 Å². The number of rotatable bonds is 1. The minimum Gasteiger partial charge on any atom is -0.315 e. The number of aromatic nitrogens is 1. The highest BCUT2D eigenvalue weighted by atomic mass is 15.3. The van der Waals surface area contributed by atoms with Crippen molar-refractivity contribution < 1.29 is 0 Å². The molecule has 1 unspecified atom stereocenters. The summed E-state index contributed by atoms with van der Waals surface area (Å²) < 4.78 is 0. The van der Waals surface area contributed by atoms with E-state index in [1.54, 1.807) is 12.4 Å². The van der Waals surface area contributed by atoms with Crippen LogP contribution in [0.25, 0.3) is 0 Å². The average Bonchev–Trinajstić information content (AvgIpc) is 2.33. The smallest absolute Gasteiger partial charge is 0.0700 e. The molecule has 0 aromatic carbocycles. The molecule has 1 aromatic rings. The molecule has 1 saturated heterocycles. The number of pyridine rings is 1. The molecule has 2 rings (SSSR count). The van der Waals surface area contributed by atoms with Crippen molar-refractivity contribution in [3.8, 4) is 0 Å². The van der Waals surface area contributed by atoms with Crippen LogP contribution in [0.4, 0.5) is 0 Å². The van der Waals surface area contributed by atoms with Crippen LogP contribution in [0, 0.1) is 0 Å². The Kier molecular flexibility index (Phi) is 5.92. The molecule has 1 aromatic heterocycles. The molecule has 0 bridgehead atoms. The SMILES string of the molecule is CCN1CCNCC1N.c1ccncc1. The monoisotopic (exact) mass is 208 g/mol. The zero-order valence-corrected chi connectivity index (χ0v) is 9.26. The van der Waals surface area contributed by atoms with E-state index in [-0.39, 0.29) is 6.17 Å². The summed E-state index contributed by atoms with van der Waals surface area (Å²) in [7, 11) is 0. The molecule has 1 fully saturated rings. The molecule has 4 heteroatoms. The van der Waals surface area contributed by atoms with E-state index in [1.165, 1.54) is 0 Å². The summed E-state index contributed by atoms with van der Waals surface area (Å²) in [6, 6.07) is 5.72. The molecule has 2 heterocycles. The van der Waals surface area contributed by atoms with E-state index in [9.17, 15) is 0 Å². The molecule has 15 heavy (non-hydrogen) atoms. The molecule has 1 aliphatic heterocycles. The van der Waals surface area contributed by atoms with Crippen LogP contribution in [0.5, 0.6) is 0 Å². The Hall–Kier alpha value is -0.970. The lowest BCUT2D eigenvalue weighted by atomic mass is 10.3. The van der Waals surface area contributed by atoms with Crippen LogP contribution in [-0.2, 0) is 0 Å². The van der Waals surface area contributed by atoms with E-state index in [2.05, 4.69) is 22.1 Å². The van der Waals surface area contributed by atoms with Gasteiger partial charge in [-0.3, -0.25) is 9.88 Å². The lowest BCUT2D eigenvalue weighted by Gasteiger charge is -2.32. The summed E-state index contributed by atoms with van der Waals surface area (Å²) in [4.78, 5) is 6.06. The molecule has 0 spiro atoms. The number of hydrogen-bond acceptors (Lipinski definition) is 4. The van der Waals surface area contributed by atoms with Gasteiger partial charge in [0.25, 0.3) is 0 Å². The van der Waals surface area contributed by atoms with Crippen LogP contribution in [-0.4, -0.2) is 42.2 Å². The van der Waals surface area contributed by atoms with E-state index in [4.69, 9.17) is 5.73 Å². The van der Waals surface area contributed by atoms with Gasteiger partial charge in [-0.2, -0.15) is 0 Å². The van der Waals surface area contributed by atoms with Crippen molar-refractivity contribution in [2.45, 2.75) is 13.1 Å². The molecule has 1 atom stereocenters. The Balaban J connectivity index is 0.000000162. The number of likely N-dealkylation sites (N-methyl/N-ethyl adjacent to an activating group) is 1. The standard InChI is InChI=1S/C6H15N3.C5H5N/c1-2-9-4-3-8-5-6(9)7;1-2-4-6-5-3-1/h6,8H,2-5,7H2,1H3;1-5H. The van der Waals surface area contributed by atoms with Gasteiger partial charge in [-0.05, 0) is 18.7 Å². The van der Waals surface area contributed by atoms with Gasteiger partial charge in [-0.15, -0.1) is 0 Å². The molecule has 4 nitrogen and oxygen atoms in total. The summed E-state index contributed by atoms with van der Waals surface area (Å²) in [5.41, 5.74) is 5.75. The maximum absolute atomic E-state index is 5.75. The van der Waals surface area contributed by atoms with Crippen LogP contribution < -0.4 is 11.1 Å². The van der Waals surface area contributed by atoms with Gasteiger partial charge >= 0.3 is 0 Å². The quantitative estimate of drug-likeness (QED) is 0.696. The lowest BCUT2D eigenvalue weighted by molar-refractivity contribution is 0.174. The minimum atomic E-state index is 0.240. The lowest BCUT2D eigenvalue weighted by Crippen LogP contribution is -2.55. The first-order valence-electron chi connectivity index (χ1n) is 5.40. The molecule has 84 valence electrons. The van der Waals surface area contributed by atoms with Crippen molar-refractivity contribution >= 4 is 0 Å². The van der Waals surface area contributed by atoms with Crippen molar-refractivity contribution in [1.29, 1.82) is 0 Å². The van der Waals surface area contributed by atoms with E-state index >= 15 is 0 Å². The number of hydrogen-bond donors (Lipinski definition) is 2. The number of nitrogens with zero attached hydrogens (tertiary/aromatic N) is 2. The third kappa shape index (κ3) is 4.88. The summed E-state index contributed by atoms with van der Waals surface area (Å²) in [5.74, 6) is 0. The summed E-state index contributed by atoms with van der Waals surface area (Å²) in [5, 5.41) is 3.23. The van der Waals surface area contributed by atoms with Gasteiger partial charge in [0.15, 0.2) is 0 Å². The molecule has 0 amide bonds. The maximum atomic E-state index is 5.75. The molecule has 0 aliphatic carbocycles. The fraction of sp³-hybridized carbons (Fsp3) is 0.545. The highest BCUT2D eigenvalue weighted by molar-refractivity contribution is 4.88. The Morgan fingerprint density at radius 2 is 2.13 bits per heavy atom. The topological polar surface area (TPSA) is 54.2 Å². The maximum Gasteiger partial charge on any atom is 0.0700 e. The number of nitrogens with one attached hydrogen (secondary N) is 1. The van der Waals surface area contributed by atoms with Crippen LogP contribution in [0.3, 0.4) is 0 Å². The van der Waals surface area contributed by atoms with E-state index < -0.39 is 0 Å². The zero-order chi connectivity index (χ0) is 10.9. The average molecular weight is 208 g/mol. The van der Waals surface area contributed by atoms with Crippen LogP contribution in [0.15, 0.2) is 30.6 Å². The van der Waals surface area contributed by atoms with Gasteiger partial charge in [0.1, 0.15) is 0 Å². The molecule has 0 radical (unpaired) electrons. The Morgan fingerprint density at radius 1 is 1.40 bits per heavy atom. The highest BCUT2D eigenvalue weighted by Crippen LogP contribution is 1.94. The van der Waals surface area contributed by atoms with Crippen molar-refractivity contribution in [1.82, 2.24) is 15.2 Å². The first-order valence-corrected chi connectivity index (χ1v) is 5.40. The summed E-state index contributed by atoms with van der Waals surface area (Å²) >= 11 is 0. The fourth-order valence-electron chi connectivity index (χ4n) is 1.47. The first-order chi connectivity index (χ1) is 7.34. The Bertz CT molecular complexity index is 213. The Labute approximate surface area is 91.5 Å². The molecule has 3 N–H and O–H groups in total. The van der Waals surface area contributed by atoms with Gasteiger partial charge < -0.3 is 11.1 Å². The van der Waals surface area contributed by atoms with Crippen LogP contribution >= 0.6 is 0 Å². The molecular weight excluding hydrogens is 188 g/mol. The van der Waals surface area contributed by atoms with E-state index in [0.29, 0.717) is 0 Å². The zero-order valence-electron chi connectivity index (χ0n) is 9.26. The Morgan fingerprint density at radius 3 is 2.47 bits per heavy atom. The minimum absolute atomic E-state index is 0.240. The van der Waals surface area contributed by atoms with Gasteiger partial charge in [-0.1, -0.05) is 13.0 Å². The largest absolute Gasteiger partial charge is 0.315 e. The van der Waals surface area contributed by atoms with Crippen LogP contribution in [0.1, 0.15) is 6.92 Å². The van der Waals surface area contributed by atoms with E-state index in [0.717, 1.165) is 26.2 Å². The number of nitrogens with two attached hydrogens (primary N) is 1. The van der Waals surface area contributed by atoms with E-state index in [1.807, 2.05) is 18.2 Å². The fourth-order valence-corrected chi connectivity index (χ4v) is 1.47. The molecular formula is C11H20N4. The molecule has 1 aliphatic rings. The van der Waals surface area contributed by atoms with Gasteiger partial charge in [-0.25, -0.2) is 0 Å².